The van der Waals surface area contributed by atoms with Crippen LogP contribution in [0.3, 0.4) is 0 Å². The van der Waals surface area contributed by atoms with Gasteiger partial charge >= 0.3 is 5.97 Å². The first kappa shape index (κ1) is 20.7. The average molecular weight is 435 g/mol. The number of Topliss-reactive ketones (excluding diaryl/α,β-unsaturated/α-hetero) is 1. The number of carbonyl (C=O) groups is 2. The quantitative estimate of drug-likeness (QED) is 0.588. The number of carbonyl (C=O) groups excluding carboxylic acids is 2. The van der Waals surface area contributed by atoms with Gasteiger partial charge in [0.25, 0.3) is 0 Å². The van der Waals surface area contributed by atoms with Crippen LogP contribution in [0.4, 0.5) is 0 Å². The van der Waals surface area contributed by atoms with E-state index in [2.05, 4.69) is 20.8 Å². The Labute approximate surface area is 191 Å². The highest BCUT2D eigenvalue weighted by molar-refractivity contribution is 5.86. The lowest BCUT2D eigenvalue weighted by molar-refractivity contribution is -0.173. The molecule has 0 aromatic rings. The van der Waals surface area contributed by atoms with Gasteiger partial charge in [-0.2, -0.15) is 0 Å². The molecule has 4 heteroatoms. The Kier molecular flexibility index (Phi) is 5.65. The van der Waals surface area contributed by atoms with Crippen molar-refractivity contribution in [3.8, 4) is 0 Å². The maximum absolute atomic E-state index is 14.2. The van der Waals surface area contributed by atoms with Crippen LogP contribution in [0.1, 0.15) is 94.6 Å². The Morgan fingerprint density at radius 1 is 1.19 bits per heavy atom. The lowest BCUT2D eigenvalue weighted by Gasteiger charge is -2.62. The third kappa shape index (κ3) is 3.60. The second kappa shape index (κ2) is 8.47. The predicted molar refractivity (Wildman–Crippen MR) is 121 cm³/mol. The van der Waals surface area contributed by atoms with E-state index in [1.165, 1.54) is 7.11 Å². The zero-order valence-corrected chi connectivity index (χ0v) is 20.2. The molecule has 0 aromatic carbocycles. The summed E-state index contributed by atoms with van der Waals surface area (Å²) in [6.07, 6.45) is 6.21. The molecule has 4 fully saturated rings. The summed E-state index contributed by atoms with van der Waals surface area (Å²) in [4.78, 5) is 25.9. The highest BCUT2D eigenvalue weighted by Crippen LogP contribution is 2.68. The molecule has 0 aliphatic heterocycles. The summed E-state index contributed by atoms with van der Waals surface area (Å²) in [5.41, 5.74) is -0.124. The third-order valence-corrected chi connectivity index (χ3v) is 10.5. The van der Waals surface area contributed by atoms with E-state index in [1.807, 2.05) is 0 Å². The molecule has 4 nitrogen and oxygen atoms in total. The zero-order chi connectivity index (χ0) is 24.3. The fourth-order valence-corrected chi connectivity index (χ4v) is 8.81. The molecular weight excluding hydrogens is 388 g/mol. The van der Waals surface area contributed by atoms with Crippen LogP contribution in [0.15, 0.2) is 0 Å². The summed E-state index contributed by atoms with van der Waals surface area (Å²) in [5, 5.41) is 10.5. The molecule has 1 N–H and O–H groups in total. The van der Waals surface area contributed by atoms with Gasteiger partial charge in [-0.15, -0.1) is 0 Å². The van der Waals surface area contributed by atoms with Crippen LogP contribution in [0.25, 0.3) is 0 Å². The van der Waals surface area contributed by atoms with Crippen LogP contribution in [0.2, 0.25) is 0 Å². The lowest BCUT2D eigenvalue weighted by Crippen LogP contribution is -2.60. The Morgan fingerprint density at radius 2 is 1.87 bits per heavy atom. The Morgan fingerprint density at radius 3 is 2.55 bits per heavy atom. The number of hydrogen-bond donors (Lipinski definition) is 1. The molecule has 0 bridgehead atoms. The van der Waals surface area contributed by atoms with Crippen molar-refractivity contribution in [2.45, 2.75) is 98.0 Å². The zero-order valence-electron chi connectivity index (χ0n) is 22.2. The molecule has 0 heterocycles. The van der Waals surface area contributed by atoms with Crippen LogP contribution in [0, 0.1) is 52.2 Å². The van der Waals surface area contributed by atoms with Crippen molar-refractivity contribution in [1.82, 2.24) is 0 Å². The number of aliphatic hydroxyl groups excluding tert-OH is 1. The van der Waals surface area contributed by atoms with Crippen molar-refractivity contribution in [2.75, 3.05) is 7.11 Å². The molecule has 11 atom stereocenters. The molecule has 0 amide bonds. The molecule has 4 saturated carbocycles. The number of ketones is 1. The summed E-state index contributed by atoms with van der Waals surface area (Å²) in [5.74, 6) is -0.640. The molecule has 4 rings (SSSR count). The molecule has 5 unspecified atom stereocenters. The fourth-order valence-electron chi connectivity index (χ4n) is 8.81. The van der Waals surface area contributed by atoms with Gasteiger partial charge < -0.3 is 9.84 Å². The van der Waals surface area contributed by atoms with E-state index in [4.69, 9.17) is 6.11 Å². The van der Waals surface area contributed by atoms with Crippen molar-refractivity contribution in [1.29, 1.82) is 0 Å². The topological polar surface area (TPSA) is 63.6 Å². The van der Waals surface area contributed by atoms with Crippen molar-refractivity contribution in [2.24, 2.45) is 52.2 Å². The van der Waals surface area contributed by atoms with E-state index in [-0.39, 0.29) is 46.3 Å². The predicted octanol–water partition coefficient (Wildman–Crippen LogP) is 5.41. The molecule has 4 aliphatic rings. The Bertz CT molecular complexity index is 786. The van der Waals surface area contributed by atoms with Crippen molar-refractivity contribution in [3.63, 3.8) is 0 Å². The molecule has 0 radical (unpaired) electrons. The monoisotopic (exact) mass is 434 g/mol. The van der Waals surface area contributed by atoms with Crippen molar-refractivity contribution >= 4 is 11.8 Å². The Hall–Kier alpha value is -0.900. The minimum atomic E-state index is -1.44. The Balaban J connectivity index is 1.66. The molecule has 176 valence electrons. The summed E-state index contributed by atoms with van der Waals surface area (Å²) >= 11 is 0. The summed E-state index contributed by atoms with van der Waals surface area (Å²) in [6, 6.07) is 0. The van der Waals surface area contributed by atoms with Gasteiger partial charge in [-0.1, -0.05) is 27.7 Å². The van der Waals surface area contributed by atoms with Crippen LogP contribution >= 0.6 is 0 Å². The minimum Gasteiger partial charge on any atom is -0.469 e. The number of methoxy groups -OCH3 is 1. The number of aliphatic hydroxyl groups is 1. The first-order chi connectivity index (χ1) is 15.4. The standard InChI is InChI=1S/C27H44O4/c1-6-18-22-15-17(28)11-13-27(22,4)21-12-14-26(3)19(16(2)7-10-23(29)31-5)8-9-20(26)24(21)25(18)30/h16-22,24,28H,6-15H2,1-5H3/t16-,17-,18?,19-,20?,21?,22+,24?,26-,27-/m1/s1/i6D,18D/t6?,16-,17-,18?,19-,20?,21?,22+,24?,26-,27-. The third-order valence-electron chi connectivity index (χ3n) is 10.5. The summed E-state index contributed by atoms with van der Waals surface area (Å²) in [7, 11) is 1.44. The van der Waals surface area contributed by atoms with Gasteiger partial charge in [-0.3, -0.25) is 9.59 Å². The lowest BCUT2D eigenvalue weighted by atomic mass is 9.42. The first-order valence-electron chi connectivity index (χ1n) is 13.7. The van der Waals surface area contributed by atoms with Gasteiger partial charge in [0.2, 0.25) is 0 Å². The van der Waals surface area contributed by atoms with E-state index in [9.17, 15) is 16.1 Å². The maximum atomic E-state index is 14.2. The van der Waals surface area contributed by atoms with Gasteiger partial charge in [0.1, 0.15) is 5.78 Å². The van der Waals surface area contributed by atoms with Gasteiger partial charge in [0.15, 0.2) is 0 Å². The number of ether oxygens (including phenoxy) is 1. The van der Waals surface area contributed by atoms with Crippen molar-refractivity contribution < 1.29 is 22.2 Å². The largest absolute Gasteiger partial charge is 0.469 e. The van der Waals surface area contributed by atoms with E-state index in [0.29, 0.717) is 24.7 Å². The van der Waals surface area contributed by atoms with E-state index < -0.39 is 18.4 Å². The molecule has 0 aromatic heterocycles. The van der Waals surface area contributed by atoms with Gasteiger partial charge in [-0.05, 0) is 98.2 Å². The second-order valence-corrected chi connectivity index (χ2v) is 11.7. The highest BCUT2D eigenvalue weighted by atomic mass is 16.5. The molecule has 0 spiro atoms. The fraction of sp³-hybridized carbons (Fsp3) is 0.926. The minimum absolute atomic E-state index is 0.00892. The summed E-state index contributed by atoms with van der Waals surface area (Å²) in [6.45, 7) is 8.59. The first-order valence-corrected chi connectivity index (χ1v) is 12.6. The van der Waals surface area contributed by atoms with Crippen LogP contribution in [0.5, 0.6) is 0 Å². The average Bonchev–Trinajstić information content (AvgIpc) is 3.13. The van der Waals surface area contributed by atoms with Crippen LogP contribution < -0.4 is 0 Å². The smallest absolute Gasteiger partial charge is 0.305 e. The van der Waals surface area contributed by atoms with E-state index in [1.54, 1.807) is 6.92 Å². The molecular formula is C27H44O4. The second-order valence-electron chi connectivity index (χ2n) is 11.7. The van der Waals surface area contributed by atoms with Gasteiger partial charge in [0.05, 0.1) is 13.2 Å². The summed E-state index contributed by atoms with van der Waals surface area (Å²) < 4.78 is 22.9. The van der Waals surface area contributed by atoms with Gasteiger partial charge in [0, 0.05) is 21.0 Å². The number of fused-ring (bicyclic) bond motifs is 5. The van der Waals surface area contributed by atoms with Crippen molar-refractivity contribution in [3.05, 3.63) is 0 Å². The highest BCUT2D eigenvalue weighted by Gasteiger charge is 2.65. The normalized spacial score (nSPS) is 52.1. The van der Waals surface area contributed by atoms with E-state index in [0.717, 1.165) is 44.9 Å². The van der Waals surface area contributed by atoms with Gasteiger partial charge in [-0.25, -0.2) is 0 Å². The van der Waals surface area contributed by atoms with E-state index >= 15 is 0 Å². The van der Waals surface area contributed by atoms with Crippen LogP contribution in [-0.2, 0) is 14.3 Å². The number of esters is 1. The van der Waals surface area contributed by atoms with Crippen LogP contribution in [-0.4, -0.2) is 30.1 Å². The molecule has 0 saturated heterocycles. The number of hydrogen-bond acceptors (Lipinski definition) is 4. The maximum Gasteiger partial charge on any atom is 0.305 e. The number of rotatable bonds is 5. The molecule has 31 heavy (non-hydrogen) atoms. The SMILES string of the molecule is [2H]C(C)C1([2H])C(=O)C2C3CC[C@H]([C@H](C)CCC(=O)OC)[C@@]3(C)CCC2[C@@]2(C)CC[C@@H](O)C[C@@H]12. The molecule has 4 aliphatic carbocycles.